The highest BCUT2D eigenvalue weighted by atomic mass is 16.5. The number of H-pyrrole nitrogens is 1. The van der Waals surface area contributed by atoms with Crippen molar-refractivity contribution in [3.8, 4) is 5.75 Å². The first-order valence-electron chi connectivity index (χ1n) is 6.15. The molecule has 3 nitrogen and oxygen atoms in total. The van der Waals surface area contributed by atoms with E-state index in [-0.39, 0.29) is 6.04 Å². The minimum Gasteiger partial charge on any atom is -0.497 e. The van der Waals surface area contributed by atoms with E-state index in [1.807, 2.05) is 0 Å². The summed E-state index contributed by atoms with van der Waals surface area (Å²) < 4.78 is 5.34. The molecule has 1 heterocycles. The molecule has 1 aliphatic carbocycles. The van der Waals surface area contributed by atoms with Crippen molar-refractivity contribution in [3.63, 3.8) is 0 Å². The number of nitrogens with one attached hydrogen (secondary N) is 1. The second-order valence-electron chi connectivity index (χ2n) is 4.88. The van der Waals surface area contributed by atoms with E-state index in [2.05, 4.69) is 24.0 Å². The van der Waals surface area contributed by atoms with Gasteiger partial charge in [-0.05, 0) is 49.4 Å². The van der Waals surface area contributed by atoms with Crippen LogP contribution in [0.1, 0.15) is 35.7 Å². The molecular weight excluding hydrogens is 212 g/mol. The minimum atomic E-state index is 0.166. The lowest BCUT2D eigenvalue weighted by atomic mass is 9.91. The van der Waals surface area contributed by atoms with Gasteiger partial charge in [0, 0.05) is 22.6 Å². The Morgan fingerprint density at radius 3 is 3.00 bits per heavy atom. The van der Waals surface area contributed by atoms with Crippen LogP contribution in [0, 0.1) is 6.92 Å². The minimum absolute atomic E-state index is 0.166. The molecule has 1 aliphatic rings. The molecule has 0 amide bonds. The fourth-order valence-electron chi connectivity index (χ4n) is 2.89. The Kier molecular flexibility index (Phi) is 2.37. The van der Waals surface area contributed by atoms with Crippen molar-refractivity contribution in [1.82, 2.24) is 4.98 Å². The van der Waals surface area contributed by atoms with Gasteiger partial charge in [0.2, 0.25) is 0 Å². The third-order valence-corrected chi connectivity index (χ3v) is 3.75. The zero-order valence-corrected chi connectivity index (χ0v) is 10.3. The molecular formula is C14H18N2O. The quantitative estimate of drug-likeness (QED) is 0.791. The first kappa shape index (κ1) is 10.7. The lowest BCUT2D eigenvalue weighted by molar-refractivity contribution is 0.415. The summed E-state index contributed by atoms with van der Waals surface area (Å²) in [7, 11) is 1.71. The molecule has 1 unspecified atom stereocenters. The van der Waals surface area contributed by atoms with Crippen LogP contribution in [0.2, 0.25) is 0 Å². The third-order valence-electron chi connectivity index (χ3n) is 3.75. The van der Waals surface area contributed by atoms with Crippen molar-refractivity contribution in [1.29, 1.82) is 0 Å². The SMILES string of the molecule is COc1cc(C)c2[nH]c3c(c2c1)C(N)CCC3. The lowest BCUT2D eigenvalue weighted by Crippen LogP contribution is -2.16. The van der Waals surface area contributed by atoms with Crippen molar-refractivity contribution in [3.05, 3.63) is 29.0 Å². The predicted molar refractivity (Wildman–Crippen MR) is 69.5 cm³/mol. The van der Waals surface area contributed by atoms with Gasteiger partial charge >= 0.3 is 0 Å². The maximum atomic E-state index is 6.24. The molecule has 2 aromatic rings. The number of benzene rings is 1. The van der Waals surface area contributed by atoms with Crippen LogP contribution in [0.4, 0.5) is 0 Å². The number of aromatic amines is 1. The summed E-state index contributed by atoms with van der Waals surface area (Å²) in [6, 6.07) is 4.33. The monoisotopic (exact) mass is 230 g/mol. The van der Waals surface area contributed by atoms with Crippen molar-refractivity contribution < 1.29 is 4.74 Å². The van der Waals surface area contributed by atoms with Crippen LogP contribution in [-0.4, -0.2) is 12.1 Å². The smallest absolute Gasteiger partial charge is 0.119 e. The van der Waals surface area contributed by atoms with E-state index in [0.717, 1.165) is 18.6 Å². The van der Waals surface area contributed by atoms with Crippen molar-refractivity contribution in [2.45, 2.75) is 32.2 Å². The highest BCUT2D eigenvalue weighted by molar-refractivity contribution is 5.89. The molecule has 90 valence electrons. The Morgan fingerprint density at radius 2 is 2.24 bits per heavy atom. The third kappa shape index (κ3) is 1.53. The normalized spacial score (nSPS) is 19.4. The molecule has 3 rings (SSSR count). The Bertz CT molecular complexity index is 571. The molecule has 0 saturated carbocycles. The van der Waals surface area contributed by atoms with Crippen LogP contribution < -0.4 is 10.5 Å². The maximum absolute atomic E-state index is 6.24. The first-order valence-corrected chi connectivity index (χ1v) is 6.15. The summed E-state index contributed by atoms with van der Waals surface area (Å²) in [5, 5.41) is 1.24. The zero-order valence-electron chi connectivity index (χ0n) is 10.3. The van der Waals surface area contributed by atoms with Gasteiger partial charge in [0.1, 0.15) is 5.75 Å². The van der Waals surface area contributed by atoms with Crippen LogP contribution in [0.15, 0.2) is 12.1 Å². The number of aromatic nitrogens is 1. The van der Waals surface area contributed by atoms with Crippen LogP contribution >= 0.6 is 0 Å². The van der Waals surface area contributed by atoms with Gasteiger partial charge in [0.05, 0.1) is 7.11 Å². The largest absolute Gasteiger partial charge is 0.497 e. The second kappa shape index (κ2) is 3.77. The Balaban J connectivity index is 2.32. The van der Waals surface area contributed by atoms with Gasteiger partial charge in [-0.3, -0.25) is 0 Å². The summed E-state index contributed by atoms with van der Waals surface area (Å²) in [6.45, 7) is 2.11. The summed E-state index contributed by atoms with van der Waals surface area (Å²) in [5.41, 5.74) is 11.3. The molecule has 1 aromatic carbocycles. The number of fused-ring (bicyclic) bond motifs is 3. The fourth-order valence-corrected chi connectivity index (χ4v) is 2.89. The molecule has 0 bridgehead atoms. The number of ether oxygens (including phenoxy) is 1. The molecule has 0 fully saturated rings. The highest BCUT2D eigenvalue weighted by Gasteiger charge is 2.22. The number of rotatable bonds is 1. The number of hydrogen-bond acceptors (Lipinski definition) is 2. The standard InChI is InChI=1S/C14H18N2O/c1-8-6-9(17-2)7-10-13-11(15)4-3-5-12(13)16-14(8)10/h6-7,11,16H,3-5,15H2,1-2H3. The van der Waals surface area contributed by atoms with Crippen molar-refractivity contribution >= 4 is 10.9 Å². The maximum Gasteiger partial charge on any atom is 0.119 e. The summed E-state index contributed by atoms with van der Waals surface area (Å²) in [4.78, 5) is 3.53. The molecule has 0 spiro atoms. The molecule has 1 atom stereocenters. The lowest BCUT2D eigenvalue weighted by Gasteiger charge is -2.18. The van der Waals surface area contributed by atoms with Gasteiger partial charge in [-0.25, -0.2) is 0 Å². The van der Waals surface area contributed by atoms with Gasteiger partial charge in [0.15, 0.2) is 0 Å². The fraction of sp³-hybridized carbons (Fsp3) is 0.429. The van der Waals surface area contributed by atoms with Gasteiger partial charge < -0.3 is 15.5 Å². The summed E-state index contributed by atoms with van der Waals surface area (Å²) in [6.07, 6.45) is 3.37. The van der Waals surface area contributed by atoms with E-state index < -0.39 is 0 Å². The predicted octanol–water partition coefficient (Wildman–Crippen LogP) is 2.82. The Morgan fingerprint density at radius 1 is 1.41 bits per heavy atom. The second-order valence-corrected chi connectivity index (χ2v) is 4.88. The summed E-state index contributed by atoms with van der Waals surface area (Å²) >= 11 is 0. The van der Waals surface area contributed by atoms with E-state index in [1.54, 1.807) is 7.11 Å². The van der Waals surface area contributed by atoms with Crippen LogP contribution in [0.25, 0.3) is 10.9 Å². The van der Waals surface area contributed by atoms with E-state index in [4.69, 9.17) is 10.5 Å². The van der Waals surface area contributed by atoms with E-state index >= 15 is 0 Å². The van der Waals surface area contributed by atoms with E-state index in [1.165, 1.54) is 34.1 Å². The molecule has 1 aromatic heterocycles. The molecule has 0 radical (unpaired) electrons. The van der Waals surface area contributed by atoms with Gasteiger partial charge in [-0.1, -0.05) is 0 Å². The molecule has 17 heavy (non-hydrogen) atoms. The van der Waals surface area contributed by atoms with Crippen LogP contribution in [0.3, 0.4) is 0 Å². The van der Waals surface area contributed by atoms with Gasteiger partial charge in [-0.15, -0.1) is 0 Å². The number of hydrogen-bond donors (Lipinski definition) is 2. The van der Waals surface area contributed by atoms with Crippen LogP contribution in [-0.2, 0) is 6.42 Å². The van der Waals surface area contributed by atoms with Gasteiger partial charge in [-0.2, -0.15) is 0 Å². The topological polar surface area (TPSA) is 51.0 Å². The zero-order chi connectivity index (χ0) is 12.0. The average molecular weight is 230 g/mol. The van der Waals surface area contributed by atoms with Gasteiger partial charge in [0.25, 0.3) is 0 Å². The van der Waals surface area contributed by atoms with Crippen molar-refractivity contribution in [2.24, 2.45) is 5.73 Å². The Hall–Kier alpha value is -1.48. The molecule has 3 N–H and O–H groups in total. The molecule has 3 heteroatoms. The van der Waals surface area contributed by atoms with E-state index in [0.29, 0.717) is 0 Å². The Labute approximate surface area is 101 Å². The molecule has 0 saturated heterocycles. The summed E-state index contributed by atoms with van der Waals surface area (Å²) in [5.74, 6) is 0.912. The van der Waals surface area contributed by atoms with E-state index in [9.17, 15) is 0 Å². The first-order chi connectivity index (χ1) is 8.20. The number of aryl methyl sites for hydroxylation is 2. The van der Waals surface area contributed by atoms with Crippen molar-refractivity contribution in [2.75, 3.05) is 7.11 Å². The number of methoxy groups -OCH3 is 1. The van der Waals surface area contributed by atoms with Crippen LogP contribution in [0.5, 0.6) is 5.75 Å². The number of nitrogens with two attached hydrogens (primary N) is 1. The molecule has 0 aliphatic heterocycles. The average Bonchev–Trinajstić information content (AvgIpc) is 2.69. The highest BCUT2D eigenvalue weighted by Crippen LogP contribution is 2.37.